The Morgan fingerprint density at radius 1 is 0.556 bits per heavy atom. The van der Waals surface area contributed by atoms with E-state index >= 15 is 0 Å². The molecule has 0 aliphatic rings. The van der Waals surface area contributed by atoms with E-state index < -0.39 is 16.7 Å². The first-order valence-corrected chi connectivity index (χ1v) is 5.87. The molecule has 9 heteroatoms. The first-order chi connectivity index (χ1) is 2.45. The van der Waals surface area contributed by atoms with Gasteiger partial charge in [0.2, 0.25) is 0 Å². The van der Waals surface area contributed by atoms with Crippen molar-refractivity contribution >= 4 is 0 Å². The van der Waals surface area contributed by atoms with E-state index in [1.807, 2.05) is 0 Å². The smallest absolute Gasteiger partial charge is 0.369 e. The van der Waals surface area contributed by atoms with E-state index in [9.17, 15) is 18.9 Å². The van der Waals surface area contributed by atoms with Gasteiger partial charge in [-0.2, -0.15) is 0 Å². The first kappa shape index (κ1) is 16.1. The van der Waals surface area contributed by atoms with Gasteiger partial charge in [0.05, 0.1) is 0 Å². The van der Waals surface area contributed by atoms with E-state index in [1.165, 1.54) is 0 Å². The summed E-state index contributed by atoms with van der Waals surface area (Å²) in [6.07, 6.45) is 0. The maximum Gasteiger partial charge on any atom is -0.369 e. The molecule has 0 unspecified atom stereocenters. The van der Waals surface area contributed by atoms with Gasteiger partial charge in [-0.05, 0) is 0 Å². The van der Waals surface area contributed by atoms with Crippen LogP contribution in [0.15, 0.2) is 0 Å². The van der Waals surface area contributed by atoms with E-state index in [0.29, 0.717) is 0 Å². The standard InChI is InChI=1S/6FH.2H3N.Pt/h6*1H;2*1H3;/q;;;;;;;;+4/p-4. The molecule has 0 aromatic rings. The summed E-state index contributed by atoms with van der Waals surface area (Å²) in [6, 6.07) is 0. The average Bonchev–Trinajstić information content (AvgIpc) is 0.592. The van der Waals surface area contributed by atoms with Crippen molar-refractivity contribution in [1.29, 1.82) is 0 Å². The molecular weight excluding hydrogens is 337 g/mol. The monoisotopic (exact) mass is 345 g/mol. The van der Waals surface area contributed by atoms with Gasteiger partial charge in [-0.1, -0.05) is 0 Å². The van der Waals surface area contributed by atoms with Gasteiger partial charge >= 0.3 is 35.7 Å². The van der Waals surface area contributed by atoms with E-state index in [4.69, 9.17) is 0 Å². The van der Waals surface area contributed by atoms with Crippen molar-refractivity contribution in [3.8, 4) is 0 Å². The first-order valence-electron chi connectivity index (χ1n) is 0.717. The summed E-state index contributed by atoms with van der Waals surface area (Å²) in [7, 11) is 0. The Morgan fingerprint density at radius 3 is 0.556 bits per heavy atom. The van der Waals surface area contributed by atoms with E-state index in [1.54, 1.807) is 0 Å². The van der Waals surface area contributed by atoms with Crippen molar-refractivity contribution in [3.63, 3.8) is 0 Å². The Morgan fingerprint density at radius 2 is 0.556 bits per heavy atom. The zero-order chi connectivity index (χ0) is 6.41. The molecule has 0 saturated carbocycles. The zero-order valence-electron chi connectivity index (χ0n) is 4.58. The molecular formula is H8F6N2Pt. The maximum absolute atomic E-state index is 11.1. The van der Waals surface area contributed by atoms with Crippen LogP contribution >= 0.6 is 0 Å². The predicted octanol–water partition coefficient (Wildman–Crippen LogP) is 3.27. The molecule has 0 radical (unpaired) electrons. The van der Waals surface area contributed by atoms with Gasteiger partial charge in [0.25, 0.3) is 0 Å². The van der Waals surface area contributed by atoms with Crippen LogP contribution < -0.4 is 12.3 Å². The number of quaternary nitrogens is 2. The summed E-state index contributed by atoms with van der Waals surface area (Å²) in [5, 5.41) is 0. The quantitative estimate of drug-likeness (QED) is 0.633. The van der Waals surface area contributed by atoms with E-state index in [0.717, 1.165) is 0 Å². The molecule has 70 valence electrons. The summed E-state index contributed by atoms with van der Waals surface area (Å²) in [5.74, 6) is 0. The molecule has 8 N–H and O–H groups in total. The van der Waals surface area contributed by atoms with Crippen LogP contribution in [0.1, 0.15) is 0 Å². The summed E-state index contributed by atoms with van der Waals surface area (Å²) < 4.78 is 59.5. The Kier molecular flexibility index (Phi) is 3.28. The van der Waals surface area contributed by atoms with Crippen molar-refractivity contribution in [1.82, 2.24) is 12.3 Å². The van der Waals surface area contributed by atoms with Crippen LogP contribution in [-0.4, -0.2) is 0 Å². The molecule has 0 amide bonds. The van der Waals surface area contributed by atoms with E-state index in [-0.39, 0.29) is 12.3 Å². The molecule has 0 rings (SSSR count). The Balaban J connectivity index is -0.000000180. The molecule has 0 aromatic heterocycles. The van der Waals surface area contributed by atoms with Crippen LogP contribution in [0.4, 0.5) is 18.9 Å². The van der Waals surface area contributed by atoms with Gasteiger partial charge in [-0.3, -0.25) is 0 Å². The molecule has 0 bridgehead atoms. The number of hydrogen-bond donors (Lipinski definition) is 2. The fourth-order valence-electron chi connectivity index (χ4n) is 0. The fourth-order valence-corrected chi connectivity index (χ4v) is 0. The van der Waals surface area contributed by atoms with Gasteiger partial charge in [-0.15, -0.1) is 0 Å². The Hall–Kier alpha value is 0.188. The van der Waals surface area contributed by atoms with Crippen molar-refractivity contribution in [3.05, 3.63) is 0 Å². The van der Waals surface area contributed by atoms with Crippen LogP contribution in [0.2, 0.25) is 0 Å². The minimum atomic E-state index is -11.1. The Bertz CT molecular complexity index is 69.6. The maximum atomic E-state index is 9.91. The predicted molar refractivity (Wildman–Crippen MR) is 18.6 cm³/mol. The van der Waals surface area contributed by atoms with Crippen LogP contribution in [0.3, 0.4) is 0 Å². The largest absolute Gasteiger partial charge is 0.369 e. The number of hydrogen-bond acceptors (Lipinski definition) is 0. The second kappa shape index (κ2) is 1.83. The molecule has 2 nitrogen and oxygen atoms in total. The number of rotatable bonds is 0. The second-order valence-electron chi connectivity index (χ2n) is 0.678. The third-order valence-corrected chi connectivity index (χ3v) is 0. The summed E-state index contributed by atoms with van der Waals surface area (Å²) in [4.78, 5) is 0. The van der Waals surface area contributed by atoms with Gasteiger partial charge in [0, 0.05) is 0 Å². The molecule has 0 atom stereocenters. The SMILES string of the molecule is [F][Pt-2]([F])([F])([F])([F])[F].[NH4+].[NH4+]. The molecule has 0 heterocycles. The second-order valence-corrected chi connectivity index (χ2v) is 5.55. The Labute approximate surface area is 48.8 Å². The molecule has 0 saturated heterocycles. The van der Waals surface area contributed by atoms with Crippen LogP contribution in [0, 0.1) is 0 Å². The minimum absolute atomic E-state index is 0. The fraction of sp³-hybridized carbons (Fsp3) is 0. The van der Waals surface area contributed by atoms with Crippen LogP contribution in [0.25, 0.3) is 0 Å². The van der Waals surface area contributed by atoms with Gasteiger partial charge in [0.15, 0.2) is 0 Å². The normalized spacial score (nSPS) is 18.0. The average molecular weight is 345 g/mol. The molecule has 9 heavy (non-hydrogen) atoms. The topological polar surface area (TPSA) is 73.0 Å². The molecule has 0 aromatic carbocycles. The third kappa shape index (κ3) is 8840. The van der Waals surface area contributed by atoms with Crippen molar-refractivity contribution in [2.75, 3.05) is 0 Å². The molecule has 0 spiro atoms. The third-order valence-electron chi connectivity index (χ3n) is 0. The summed E-state index contributed by atoms with van der Waals surface area (Å²) in [6.45, 7) is 0. The van der Waals surface area contributed by atoms with Crippen LogP contribution in [-0.2, 0) is 16.7 Å². The van der Waals surface area contributed by atoms with Crippen molar-refractivity contribution in [2.45, 2.75) is 0 Å². The molecule has 0 fully saturated rings. The summed E-state index contributed by atoms with van der Waals surface area (Å²) in [5.41, 5.74) is 0. The van der Waals surface area contributed by atoms with Gasteiger partial charge in [0.1, 0.15) is 0 Å². The van der Waals surface area contributed by atoms with E-state index in [2.05, 4.69) is 0 Å². The van der Waals surface area contributed by atoms with Crippen molar-refractivity contribution in [2.24, 2.45) is 0 Å². The zero-order valence-corrected chi connectivity index (χ0v) is 6.86. The minimum Gasteiger partial charge on any atom is -0.369 e. The van der Waals surface area contributed by atoms with Crippen molar-refractivity contribution < 1.29 is 35.7 Å². The van der Waals surface area contributed by atoms with Gasteiger partial charge in [-0.25, -0.2) is 0 Å². The molecule has 0 aliphatic carbocycles. The number of halogens is 6. The molecule has 0 aliphatic heterocycles. The van der Waals surface area contributed by atoms with Gasteiger partial charge < -0.3 is 12.3 Å². The summed E-state index contributed by atoms with van der Waals surface area (Å²) >= 11 is -11.1. The van der Waals surface area contributed by atoms with Crippen LogP contribution in [0.5, 0.6) is 0 Å².